The molecular formula is C23H28F4. The first-order chi connectivity index (χ1) is 12.9. The van der Waals surface area contributed by atoms with E-state index in [-0.39, 0.29) is 5.92 Å². The zero-order valence-electron chi connectivity index (χ0n) is 15.6. The molecule has 0 N–H and O–H groups in total. The van der Waals surface area contributed by atoms with Crippen molar-refractivity contribution in [3.8, 4) is 0 Å². The highest BCUT2D eigenvalue weighted by Gasteiger charge is 2.35. The Kier molecular flexibility index (Phi) is 6.44. The molecule has 0 aliphatic heterocycles. The SMILES string of the molecule is C=CC=CC1CCC(C2CCC(c3ccc(C(F)(F)F)c(F)c3)CC2)CC1. The van der Waals surface area contributed by atoms with Crippen LogP contribution in [-0.4, -0.2) is 0 Å². The van der Waals surface area contributed by atoms with E-state index in [0.29, 0.717) is 11.8 Å². The van der Waals surface area contributed by atoms with Gasteiger partial charge in [0.25, 0.3) is 0 Å². The first-order valence-electron chi connectivity index (χ1n) is 10.0. The summed E-state index contributed by atoms with van der Waals surface area (Å²) in [4.78, 5) is 0. The number of rotatable bonds is 4. The lowest BCUT2D eigenvalue weighted by Crippen LogP contribution is -2.25. The number of benzene rings is 1. The molecule has 1 aromatic rings. The zero-order valence-corrected chi connectivity index (χ0v) is 15.6. The molecule has 0 amide bonds. The van der Waals surface area contributed by atoms with Crippen LogP contribution in [0.25, 0.3) is 0 Å². The van der Waals surface area contributed by atoms with Crippen molar-refractivity contribution in [3.63, 3.8) is 0 Å². The molecule has 0 unspecified atom stereocenters. The Bertz CT molecular complexity index is 657. The largest absolute Gasteiger partial charge is 0.419 e. The summed E-state index contributed by atoms with van der Waals surface area (Å²) in [7, 11) is 0. The Hall–Kier alpha value is -1.58. The molecule has 2 fully saturated rings. The number of hydrogen-bond acceptors (Lipinski definition) is 0. The highest BCUT2D eigenvalue weighted by atomic mass is 19.4. The van der Waals surface area contributed by atoms with Crippen LogP contribution in [0.3, 0.4) is 0 Å². The molecule has 3 rings (SSSR count). The third-order valence-corrected chi connectivity index (χ3v) is 6.54. The topological polar surface area (TPSA) is 0 Å². The molecule has 148 valence electrons. The van der Waals surface area contributed by atoms with Crippen LogP contribution in [-0.2, 0) is 6.18 Å². The minimum absolute atomic E-state index is 0.185. The monoisotopic (exact) mass is 380 g/mol. The van der Waals surface area contributed by atoms with Crippen molar-refractivity contribution in [1.82, 2.24) is 0 Å². The van der Waals surface area contributed by atoms with Gasteiger partial charge in [-0.1, -0.05) is 30.9 Å². The number of allylic oxidation sites excluding steroid dienone is 3. The predicted octanol–water partition coefficient (Wildman–Crippen LogP) is 7.67. The third kappa shape index (κ3) is 5.03. The van der Waals surface area contributed by atoms with Crippen molar-refractivity contribution in [2.45, 2.75) is 63.5 Å². The average molecular weight is 380 g/mol. The van der Waals surface area contributed by atoms with E-state index in [9.17, 15) is 17.6 Å². The van der Waals surface area contributed by atoms with E-state index in [1.807, 2.05) is 12.2 Å². The molecule has 0 atom stereocenters. The summed E-state index contributed by atoms with van der Waals surface area (Å²) in [5.74, 6) is 1.19. The van der Waals surface area contributed by atoms with Crippen LogP contribution in [0.5, 0.6) is 0 Å². The maximum absolute atomic E-state index is 13.9. The van der Waals surface area contributed by atoms with Crippen LogP contribution in [0.4, 0.5) is 17.6 Å². The summed E-state index contributed by atoms with van der Waals surface area (Å²) in [5.41, 5.74) is -0.445. The van der Waals surface area contributed by atoms with Gasteiger partial charge in [-0.2, -0.15) is 13.2 Å². The van der Waals surface area contributed by atoms with E-state index >= 15 is 0 Å². The number of halogens is 4. The third-order valence-electron chi connectivity index (χ3n) is 6.54. The van der Waals surface area contributed by atoms with Crippen LogP contribution in [0.2, 0.25) is 0 Å². The van der Waals surface area contributed by atoms with E-state index in [0.717, 1.165) is 49.3 Å². The fraction of sp³-hybridized carbons (Fsp3) is 0.565. The maximum Gasteiger partial charge on any atom is 0.419 e. The first kappa shape index (κ1) is 20.2. The molecule has 0 spiro atoms. The summed E-state index contributed by atoms with van der Waals surface area (Å²) in [6.45, 7) is 3.72. The lowest BCUT2D eigenvalue weighted by molar-refractivity contribution is -0.140. The maximum atomic E-state index is 13.9. The number of alkyl halides is 3. The van der Waals surface area contributed by atoms with Gasteiger partial charge in [-0.15, -0.1) is 0 Å². The van der Waals surface area contributed by atoms with Gasteiger partial charge in [0, 0.05) is 0 Å². The summed E-state index contributed by atoms with van der Waals surface area (Å²) in [5, 5.41) is 0. The van der Waals surface area contributed by atoms with Crippen molar-refractivity contribution in [2.24, 2.45) is 17.8 Å². The number of hydrogen-bond donors (Lipinski definition) is 0. The van der Waals surface area contributed by atoms with Gasteiger partial charge >= 0.3 is 6.18 Å². The predicted molar refractivity (Wildman–Crippen MR) is 101 cm³/mol. The van der Waals surface area contributed by atoms with Crippen molar-refractivity contribution < 1.29 is 17.6 Å². The standard InChI is InChI=1S/C23H28F4/c1-2-3-4-16-5-7-17(8-6-16)18-9-11-19(12-10-18)20-13-14-21(22(24)15-20)23(25,26)27/h2-4,13-19H,1,5-12H2. The molecule has 0 bridgehead atoms. The molecule has 0 saturated heterocycles. The minimum atomic E-state index is -4.63. The second-order valence-electron chi connectivity index (χ2n) is 8.14. The fourth-order valence-electron chi connectivity index (χ4n) is 4.98. The Balaban J connectivity index is 1.53. The molecule has 2 aliphatic rings. The van der Waals surface area contributed by atoms with Crippen LogP contribution in [0, 0.1) is 23.6 Å². The van der Waals surface area contributed by atoms with E-state index < -0.39 is 17.6 Å². The van der Waals surface area contributed by atoms with Crippen LogP contribution >= 0.6 is 0 Å². The summed E-state index contributed by atoms with van der Waals surface area (Å²) in [6.07, 6.45) is 10.6. The molecule has 4 heteroatoms. The smallest absolute Gasteiger partial charge is 0.206 e. The van der Waals surface area contributed by atoms with E-state index in [1.165, 1.54) is 31.7 Å². The second-order valence-corrected chi connectivity index (χ2v) is 8.14. The Morgan fingerprint density at radius 1 is 0.889 bits per heavy atom. The summed E-state index contributed by atoms with van der Waals surface area (Å²) in [6, 6.07) is 3.47. The molecule has 27 heavy (non-hydrogen) atoms. The lowest BCUT2D eigenvalue weighted by Gasteiger charge is -2.37. The highest BCUT2D eigenvalue weighted by molar-refractivity contribution is 5.29. The summed E-state index contributed by atoms with van der Waals surface area (Å²) >= 11 is 0. The molecular weight excluding hydrogens is 352 g/mol. The first-order valence-corrected chi connectivity index (χ1v) is 10.0. The molecule has 0 heterocycles. The average Bonchev–Trinajstić information content (AvgIpc) is 2.66. The van der Waals surface area contributed by atoms with Gasteiger partial charge < -0.3 is 0 Å². The Labute approximate surface area is 159 Å². The van der Waals surface area contributed by atoms with E-state index in [2.05, 4.69) is 12.7 Å². The molecule has 1 aromatic carbocycles. The Morgan fingerprint density at radius 3 is 2.00 bits per heavy atom. The zero-order chi connectivity index (χ0) is 19.4. The van der Waals surface area contributed by atoms with Crippen molar-refractivity contribution in [3.05, 3.63) is 60.0 Å². The Morgan fingerprint density at radius 2 is 1.48 bits per heavy atom. The second kappa shape index (κ2) is 8.62. The van der Waals surface area contributed by atoms with Crippen LogP contribution < -0.4 is 0 Å². The summed E-state index contributed by atoms with van der Waals surface area (Å²) < 4.78 is 52.0. The van der Waals surface area contributed by atoms with Crippen molar-refractivity contribution in [2.75, 3.05) is 0 Å². The molecule has 2 saturated carbocycles. The van der Waals surface area contributed by atoms with Crippen molar-refractivity contribution >= 4 is 0 Å². The van der Waals surface area contributed by atoms with Gasteiger partial charge in [-0.05, 0) is 92.7 Å². The van der Waals surface area contributed by atoms with Gasteiger partial charge in [0.2, 0.25) is 0 Å². The van der Waals surface area contributed by atoms with Gasteiger partial charge in [0.15, 0.2) is 0 Å². The van der Waals surface area contributed by atoms with Crippen molar-refractivity contribution in [1.29, 1.82) is 0 Å². The quantitative estimate of drug-likeness (QED) is 0.371. The van der Waals surface area contributed by atoms with Gasteiger partial charge in [0.1, 0.15) is 5.82 Å². The van der Waals surface area contributed by atoms with Gasteiger partial charge in [-0.25, -0.2) is 4.39 Å². The fourth-order valence-corrected chi connectivity index (χ4v) is 4.98. The van der Waals surface area contributed by atoms with Gasteiger partial charge in [0.05, 0.1) is 5.56 Å². The normalized spacial score (nSPS) is 29.8. The molecule has 2 aliphatic carbocycles. The highest BCUT2D eigenvalue weighted by Crippen LogP contribution is 2.44. The lowest BCUT2D eigenvalue weighted by atomic mass is 9.68. The molecule has 0 aromatic heterocycles. The van der Waals surface area contributed by atoms with Crippen LogP contribution in [0.15, 0.2) is 43.0 Å². The minimum Gasteiger partial charge on any atom is -0.206 e. The molecule has 0 radical (unpaired) electrons. The van der Waals surface area contributed by atoms with Gasteiger partial charge in [-0.3, -0.25) is 0 Å². The van der Waals surface area contributed by atoms with Crippen LogP contribution in [0.1, 0.15) is 68.4 Å². The van der Waals surface area contributed by atoms with E-state index in [1.54, 1.807) is 0 Å². The molecule has 0 nitrogen and oxygen atoms in total. The van der Waals surface area contributed by atoms with E-state index in [4.69, 9.17) is 0 Å².